The Morgan fingerprint density at radius 3 is 2.56 bits per heavy atom. The highest BCUT2D eigenvalue weighted by Gasteiger charge is 2.31. The molecule has 1 N–H and O–H groups in total. The van der Waals surface area contributed by atoms with E-state index in [1.165, 1.54) is 0 Å². The van der Waals surface area contributed by atoms with Crippen LogP contribution in [-0.2, 0) is 4.79 Å². The molecular formula is C12H22N2O2. The maximum Gasteiger partial charge on any atom is 0.219 e. The average molecular weight is 226 g/mol. The van der Waals surface area contributed by atoms with Crippen molar-refractivity contribution in [2.24, 2.45) is 0 Å². The highest BCUT2D eigenvalue weighted by Crippen LogP contribution is 2.25. The summed E-state index contributed by atoms with van der Waals surface area (Å²) in [4.78, 5) is 15.6. The van der Waals surface area contributed by atoms with Crippen LogP contribution in [0.4, 0.5) is 0 Å². The minimum absolute atomic E-state index is 0.149. The van der Waals surface area contributed by atoms with E-state index in [1.54, 1.807) is 6.92 Å². The number of rotatable bonds is 1. The van der Waals surface area contributed by atoms with Crippen molar-refractivity contribution in [3.63, 3.8) is 0 Å². The molecule has 0 aromatic heterocycles. The normalized spacial score (nSPS) is 32.8. The number of carbonyl (C=O) groups excluding carboxylic acids is 1. The lowest BCUT2D eigenvalue weighted by Gasteiger charge is -2.29. The van der Waals surface area contributed by atoms with E-state index in [2.05, 4.69) is 4.90 Å². The van der Waals surface area contributed by atoms with E-state index in [1.807, 2.05) is 4.90 Å². The van der Waals surface area contributed by atoms with Gasteiger partial charge in [0.1, 0.15) is 0 Å². The van der Waals surface area contributed by atoms with Crippen molar-refractivity contribution >= 4 is 5.91 Å². The van der Waals surface area contributed by atoms with Crippen LogP contribution < -0.4 is 0 Å². The number of aliphatic hydroxyl groups excluding tert-OH is 1. The van der Waals surface area contributed by atoms with E-state index in [0.29, 0.717) is 6.04 Å². The summed E-state index contributed by atoms with van der Waals surface area (Å²) in [5.74, 6) is 0.175. The van der Waals surface area contributed by atoms with E-state index in [-0.39, 0.29) is 12.0 Å². The Morgan fingerprint density at radius 1 is 1.12 bits per heavy atom. The van der Waals surface area contributed by atoms with Gasteiger partial charge in [-0.2, -0.15) is 0 Å². The van der Waals surface area contributed by atoms with Gasteiger partial charge >= 0.3 is 0 Å². The topological polar surface area (TPSA) is 43.8 Å². The van der Waals surface area contributed by atoms with E-state index in [0.717, 1.165) is 51.9 Å². The molecule has 0 radical (unpaired) electrons. The Hall–Kier alpha value is -0.610. The fourth-order valence-corrected chi connectivity index (χ4v) is 2.93. The fraction of sp³-hybridized carbons (Fsp3) is 0.917. The van der Waals surface area contributed by atoms with Crippen molar-refractivity contribution in [1.29, 1.82) is 0 Å². The summed E-state index contributed by atoms with van der Waals surface area (Å²) in [5, 5.41) is 9.89. The van der Waals surface area contributed by atoms with Gasteiger partial charge < -0.3 is 10.0 Å². The number of amides is 1. The molecule has 1 saturated carbocycles. The monoisotopic (exact) mass is 226 g/mol. The van der Waals surface area contributed by atoms with Crippen LogP contribution in [0.1, 0.15) is 32.6 Å². The number of carbonyl (C=O) groups is 1. The summed E-state index contributed by atoms with van der Waals surface area (Å²) >= 11 is 0. The number of nitrogens with zero attached hydrogens (tertiary/aromatic N) is 2. The van der Waals surface area contributed by atoms with Crippen LogP contribution in [-0.4, -0.2) is 59.1 Å². The molecule has 1 aliphatic heterocycles. The van der Waals surface area contributed by atoms with Crippen molar-refractivity contribution in [1.82, 2.24) is 9.80 Å². The van der Waals surface area contributed by atoms with Gasteiger partial charge in [0.15, 0.2) is 0 Å². The molecule has 4 heteroatoms. The third-order valence-corrected chi connectivity index (χ3v) is 3.89. The van der Waals surface area contributed by atoms with Crippen LogP contribution in [0.3, 0.4) is 0 Å². The first-order valence-corrected chi connectivity index (χ1v) is 6.36. The lowest BCUT2D eigenvalue weighted by Crippen LogP contribution is -2.42. The van der Waals surface area contributed by atoms with E-state index >= 15 is 0 Å². The second-order valence-corrected chi connectivity index (χ2v) is 4.96. The van der Waals surface area contributed by atoms with Gasteiger partial charge in [0.25, 0.3) is 0 Å². The number of aliphatic hydroxyl groups is 1. The second kappa shape index (κ2) is 5.15. The highest BCUT2D eigenvalue weighted by molar-refractivity contribution is 5.73. The van der Waals surface area contributed by atoms with Crippen LogP contribution in [0.15, 0.2) is 0 Å². The molecule has 1 saturated heterocycles. The summed E-state index contributed by atoms with van der Waals surface area (Å²) < 4.78 is 0. The Bertz CT molecular complexity index is 257. The quantitative estimate of drug-likeness (QED) is 0.706. The van der Waals surface area contributed by atoms with E-state index in [4.69, 9.17) is 0 Å². The first-order valence-electron chi connectivity index (χ1n) is 6.36. The molecule has 2 aliphatic rings. The van der Waals surface area contributed by atoms with Crippen LogP contribution in [0.2, 0.25) is 0 Å². The van der Waals surface area contributed by atoms with Gasteiger partial charge in [-0.1, -0.05) is 0 Å². The molecule has 4 nitrogen and oxygen atoms in total. The van der Waals surface area contributed by atoms with Gasteiger partial charge in [0.05, 0.1) is 6.10 Å². The summed E-state index contributed by atoms with van der Waals surface area (Å²) in [6.07, 6.45) is 4.07. The minimum Gasteiger partial charge on any atom is -0.391 e. The van der Waals surface area contributed by atoms with Gasteiger partial charge in [-0.05, 0) is 25.7 Å². The molecule has 0 aromatic rings. The standard InChI is InChI=1S/C12H22N2O2/c1-10(15)13-6-3-7-14(9-8-13)11-4-2-5-12(11)16/h11-12,16H,2-9H2,1H3/t11-,12-/m0/s1. The van der Waals surface area contributed by atoms with Crippen molar-refractivity contribution in [2.45, 2.75) is 44.8 Å². The SMILES string of the molecule is CC(=O)N1CCCN([C@H]2CCC[C@@H]2O)CC1. The molecule has 2 atom stereocenters. The van der Waals surface area contributed by atoms with Gasteiger partial charge in [0.2, 0.25) is 5.91 Å². The molecular weight excluding hydrogens is 204 g/mol. The lowest BCUT2D eigenvalue weighted by molar-refractivity contribution is -0.128. The molecule has 0 unspecified atom stereocenters. The summed E-state index contributed by atoms with van der Waals surface area (Å²) in [6.45, 7) is 5.26. The molecule has 1 amide bonds. The number of hydrogen-bond donors (Lipinski definition) is 1. The molecule has 1 heterocycles. The summed E-state index contributed by atoms with van der Waals surface area (Å²) in [5.41, 5.74) is 0. The molecule has 0 aromatic carbocycles. The molecule has 2 fully saturated rings. The van der Waals surface area contributed by atoms with Gasteiger partial charge in [-0.3, -0.25) is 9.69 Å². The van der Waals surface area contributed by atoms with Crippen LogP contribution in [0, 0.1) is 0 Å². The molecule has 1 aliphatic carbocycles. The summed E-state index contributed by atoms with van der Waals surface area (Å²) in [7, 11) is 0. The molecule has 0 bridgehead atoms. The smallest absolute Gasteiger partial charge is 0.219 e. The van der Waals surface area contributed by atoms with Crippen LogP contribution in [0.25, 0.3) is 0 Å². The molecule has 2 rings (SSSR count). The fourth-order valence-electron chi connectivity index (χ4n) is 2.93. The van der Waals surface area contributed by atoms with Crippen LogP contribution in [0.5, 0.6) is 0 Å². The average Bonchev–Trinajstić information content (AvgIpc) is 2.54. The zero-order valence-corrected chi connectivity index (χ0v) is 10.1. The van der Waals surface area contributed by atoms with Crippen LogP contribution >= 0.6 is 0 Å². The maximum absolute atomic E-state index is 11.3. The first-order chi connectivity index (χ1) is 7.68. The Morgan fingerprint density at radius 2 is 1.94 bits per heavy atom. The van der Waals surface area contributed by atoms with Gasteiger partial charge in [0, 0.05) is 39.1 Å². The predicted octanol–water partition coefficient (Wildman–Crippen LogP) is 0.454. The predicted molar refractivity (Wildman–Crippen MR) is 62.1 cm³/mol. The van der Waals surface area contributed by atoms with E-state index in [9.17, 15) is 9.90 Å². The first kappa shape index (κ1) is 11.9. The number of hydrogen-bond acceptors (Lipinski definition) is 3. The minimum atomic E-state index is -0.149. The second-order valence-electron chi connectivity index (χ2n) is 4.96. The zero-order chi connectivity index (χ0) is 11.5. The highest BCUT2D eigenvalue weighted by atomic mass is 16.3. The molecule has 0 spiro atoms. The Labute approximate surface area is 97.2 Å². The summed E-state index contributed by atoms with van der Waals surface area (Å²) in [6, 6.07) is 0.340. The van der Waals surface area contributed by atoms with Gasteiger partial charge in [-0.15, -0.1) is 0 Å². The zero-order valence-electron chi connectivity index (χ0n) is 10.1. The largest absolute Gasteiger partial charge is 0.391 e. The lowest BCUT2D eigenvalue weighted by atomic mass is 10.1. The van der Waals surface area contributed by atoms with E-state index < -0.39 is 0 Å². The van der Waals surface area contributed by atoms with Crippen molar-refractivity contribution in [3.8, 4) is 0 Å². The molecule has 16 heavy (non-hydrogen) atoms. The Kier molecular flexibility index (Phi) is 3.82. The maximum atomic E-state index is 11.3. The van der Waals surface area contributed by atoms with Crippen molar-refractivity contribution in [2.75, 3.05) is 26.2 Å². The third-order valence-electron chi connectivity index (χ3n) is 3.89. The van der Waals surface area contributed by atoms with Crippen molar-refractivity contribution < 1.29 is 9.90 Å². The third kappa shape index (κ3) is 2.55. The van der Waals surface area contributed by atoms with Crippen molar-refractivity contribution in [3.05, 3.63) is 0 Å². The molecule has 92 valence electrons. The van der Waals surface area contributed by atoms with Gasteiger partial charge in [-0.25, -0.2) is 0 Å². The Balaban J connectivity index is 1.90.